The molecule has 1 aromatic heterocycles. The zero-order chi connectivity index (χ0) is 17.8. The number of hydrogen-bond donors (Lipinski definition) is 1. The van der Waals surface area contributed by atoms with Gasteiger partial charge in [0.05, 0.1) is 4.47 Å². The van der Waals surface area contributed by atoms with Crippen LogP contribution in [0.5, 0.6) is 0 Å². The van der Waals surface area contributed by atoms with Gasteiger partial charge in [0.1, 0.15) is 12.4 Å². The van der Waals surface area contributed by atoms with Crippen molar-refractivity contribution in [1.82, 2.24) is 14.9 Å². The Bertz CT molecular complexity index is 783. The third-order valence-corrected chi connectivity index (χ3v) is 4.42. The monoisotopic (exact) mass is 406 g/mol. The van der Waals surface area contributed by atoms with Crippen LogP contribution in [0.4, 0.5) is 10.3 Å². The van der Waals surface area contributed by atoms with Crippen molar-refractivity contribution in [2.45, 2.75) is 12.8 Å². The highest BCUT2D eigenvalue weighted by atomic mass is 79.9. The van der Waals surface area contributed by atoms with Crippen molar-refractivity contribution >= 4 is 33.7 Å². The molecule has 0 atom stereocenters. The highest BCUT2D eigenvalue weighted by Crippen LogP contribution is 2.30. The third-order valence-electron chi connectivity index (χ3n) is 3.78. The van der Waals surface area contributed by atoms with Gasteiger partial charge in [0.2, 0.25) is 11.9 Å². The van der Waals surface area contributed by atoms with Crippen LogP contribution in [0.25, 0.3) is 0 Å². The van der Waals surface area contributed by atoms with E-state index in [9.17, 15) is 14.0 Å². The molecular weight excluding hydrogens is 391 g/mol. The minimum Gasteiger partial charge on any atom is -0.329 e. The van der Waals surface area contributed by atoms with Crippen LogP contribution in [0.15, 0.2) is 41.1 Å². The maximum absolute atomic E-state index is 13.7. The van der Waals surface area contributed by atoms with E-state index in [4.69, 9.17) is 0 Å². The van der Waals surface area contributed by atoms with Gasteiger partial charge in [0.15, 0.2) is 0 Å². The van der Waals surface area contributed by atoms with Crippen molar-refractivity contribution in [1.29, 1.82) is 0 Å². The van der Waals surface area contributed by atoms with Gasteiger partial charge >= 0.3 is 0 Å². The van der Waals surface area contributed by atoms with E-state index in [-0.39, 0.29) is 28.4 Å². The summed E-state index contributed by atoms with van der Waals surface area (Å²) < 4.78 is 14.0. The lowest BCUT2D eigenvalue weighted by atomic mass is 10.2. The van der Waals surface area contributed by atoms with Crippen LogP contribution in [0.3, 0.4) is 0 Å². The molecule has 1 aromatic carbocycles. The van der Waals surface area contributed by atoms with Crippen LogP contribution < -0.4 is 5.32 Å². The minimum atomic E-state index is -0.514. The molecule has 8 heteroatoms. The van der Waals surface area contributed by atoms with Crippen LogP contribution in [0.2, 0.25) is 0 Å². The average Bonchev–Trinajstić information content (AvgIpc) is 3.41. The normalized spacial score (nSPS) is 13.4. The molecule has 0 bridgehead atoms. The number of aromatic nitrogens is 2. The number of rotatable bonds is 6. The van der Waals surface area contributed by atoms with Gasteiger partial charge in [-0.05, 0) is 59.0 Å². The summed E-state index contributed by atoms with van der Waals surface area (Å²) in [5.41, 5.74) is 0.213. The summed E-state index contributed by atoms with van der Waals surface area (Å²) in [6.45, 7) is 0.338. The van der Waals surface area contributed by atoms with Crippen molar-refractivity contribution in [3.05, 3.63) is 52.5 Å². The first kappa shape index (κ1) is 17.5. The lowest BCUT2D eigenvalue weighted by molar-refractivity contribution is -0.117. The second-order valence-corrected chi connectivity index (χ2v) is 6.73. The molecule has 1 saturated carbocycles. The second kappa shape index (κ2) is 7.69. The second-order valence-electron chi connectivity index (χ2n) is 5.88. The van der Waals surface area contributed by atoms with Gasteiger partial charge in [0.25, 0.3) is 5.91 Å². The molecule has 1 heterocycles. The molecule has 0 aliphatic heterocycles. The first-order valence-corrected chi connectivity index (χ1v) is 8.63. The van der Waals surface area contributed by atoms with E-state index in [0.717, 1.165) is 12.8 Å². The highest BCUT2D eigenvalue weighted by molar-refractivity contribution is 9.10. The van der Waals surface area contributed by atoms with E-state index >= 15 is 0 Å². The summed E-state index contributed by atoms with van der Waals surface area (Å²) in [6.07, 6.45) is 5.09. The third kappa shape index (κ3) is 4.82. The Balaban J connectivity index is 1.71. The van der Waals surface area contributed by atoms with E-state index < -0.39 is 11.7 Å². The molecule has 130 valence electrons. The quantitative estimate of drug-likeness (QED) is 0.799. The molecule has 0 spiro atoms. The Morgan fingerprint density at radius 3 is 2.64 bits per heavy atom. The van der Waals surface area contributed by atoms with Gasteiger partial charge in [-0.2, -0.15) is 0 Å². The lowest BCUT2D eigenvalue weighted by Crippen LogP contribution is -2.39. The van der Waals surface area contributed by atoms with Gasteiger partial charge in [-0.1, -0.05) is 0 Å². The van der Waals surface area contributed by atoms with E-state index in [1.54, 1.807) is 6.07 Å². The van der Waals surface area contributed by atoms with E-state index in [2.05, 4.69) is 31.2 Å². The van der Waals surface area contributed by atoms with Gasteiger partial charge < -0.3 is 4.90 Å². The zero-order valence-electron chi connectivity index (χ0n) is 13.3. The largest absolute Gasteiger partial charge is 0.329 e. The number of nitrogens with one attached hydrogen (secondary N) is 1. The van der Waals surface area contributed by atoms with Gasteiger partial charge in [-0.15, -0.1) is 0 Å². The van der Waals surface area contributed by atoms with Gasteiger partial charge in [-0.25, -0.2) is 14.4 Å². The minimum absolute atomic E-state index is 0.134. The fourth-order valence-corrected chi connectivity index (χ4v) is 2.59. The van der Waals surface area contributed by atoms with Gasteiger partial charge in [0, 0.05) is 24.5 Å². The summed E-state index contributed by atoms with van der Waals surface area (Å²) in [5.74, 6) is -0.703. The predicted octanol–water partition coefficient (Wildman–Crippen LogP) is 2.87. The average molecular weight is 407 g/mol. The number of carbonyl (C=O) groups is 2. The van der Waals surface area contributed by atoms with Crippen LogP contribution >= 0.6 is 15.9 Å². The maximum atomic E-state index is 13.7. The molecule has 2 amide bonds. The molecule has 6 nitrogen and oxygen atoms in total. The first-order chi connectivity index (χ1) is 12.0. The van der Waals surface area contributed by atoms with Crippen molar-refractivity contribution < 1.29 is 14.0 Å². The molecule has 1 aliphatic carbocycles. The number of halogens is 2. The summed E-state index contributed by atoms with van der Waals surface area (Å²) in [5, 5.41) is 2.56. The molecule has 0 saturated heterocycles. The van der Waals surface area contributed by atoms with E-state index in [1.165, 1.54) is 35.5 Å². The number of anilines is 1. The van der Waals surface area contributed by atoms with Crippen LogP contribution in [0.1, 0.15) is 23.2 Å². The standard InChI is InChI=1S/C17H16BrFN4O2/c18-13-5-4-12(8-14(13)19)16(25)23(9-11-2-3-11)10-15(24)22-17-20-6-1-7-21-17/h1,4-8,11H,2-3,9-10H2,(H,20,21,22,24). The fourth-order valence-electron chi connectivity index (χ4n) is 2.34. The van der Waals surface area contributed by atoms with Crippen molar-refractivity contribution in [2.24, 2.45) is 5.92 Å². The number of benzene rings is 1. The molecule has 1 N–H and O–H groups in total. The molecule has 3 rings (SSSR count). The van der Waals surface area contributed by atoms with Crippen LogP contribution in [0, 0.1) is 11.7 Å². The Morgan fingerprint density at radius 1 is 1.28 bits per heavy atom. The summed E-state index contributed by atoms with van der Waals surface area (Å²) in [4.78, 5) is 34.2. The smallest absolute Gasteiger partial charge is 0.254 e. The highest BCUT2D eigenvalue weighted by Gasteiger charge is 2.29. The zero-order valence-corrected chi connectivity index (χ0v) is 14.9. The molecule has 0 radical (unpaired) electrons. The Labute approximate surface area is 152 Å². The van der Waals surface area contributed by atoms with E-state index in [0.29, 0.717) is 12.5 Å². The summed E-state index contributed by atoms with van der Waals surface area (Å²) in [7, 11) is 0. The molecule has 1 aliphatic rings. The number of hydrogen-bond acceptors (Lipinski definition) is 4. The van der Waals surface area contributed by atoms with Crippen LogP contribution in [-0.2, 0) is 4.79 Å². The fraction of sp³-hybridized carbons (Fsp3) is 0.294. The topological polar surface area (TPSA) is 75.2 Å². The Morgan fingerprint density at radius 2 is 2.00 bits per heavy atom. The molecule has 1 fully saturated rings. The molecule has 2 aromatic rings. The van der Waals surface area contributed by atoms with Gasteiger partial charge in [-0.3, -0.25) is 14.9 Å². The predicted molar refractivity (Wildman–Crippen MR) is 93.4 cm³/mol. The number of carbonyl (C=O) groups excluding carboxylic acids is 2. The molecule has 0 unspecified atom stereocenters. The Hall–Kier alpha value is -2.35. The maximum Gasteiger partial charge on any atom is 0.254 e. The first-order valence-electron chi connectivity index (χ1n) is 7.84. The summed E-state index contributed by atoms with van der Waals surface area (Å²) in [6, 6.07) is 5.83. The van der Waals surface area contributed by atoms with E-state index in [1.807, 2.05) is 0 Å². The Kier molecular flexibility index (Phi) is 5.37. The number of nitrogens with zero attached hydrogens (tertiary/aromatic N) is 3. The van der Waals surface area contributed by atoms with Crippen molar-refractivity contribution in [3.63, 3.8) is 0 Å². The van der Waals surface area contributed by atoms with Crippen molar-refractivity contribution in [2.75, 3.05) is 18.4 Å². The lowest BCUT2D eigenvalue weighted by Gasteiger charge is -2.22. The molecular formula is C17H16BrFN4O2. The van der Waals surface area contributed by atoms with Crippen molar-refractivity contribution in [3.8, 4) is 0 Å². The van der Waals surface area contributed by atoms with Crippen LogP contribution in [-0.4, -0.2) is 39.8 Å². The number of amides is 2. The molecule has 25 heavy (non-hydrogen) atoms. The summed E-state index contributed by atoms with van der Waals surface area (Å²) >= 11 is 3.07. The SMILES string of the molecule is O=C(CN(CC1CC1)C(=O)c1ccc(Br)c(F)c1)Nc1ncccn1.